The number of aromatic nitrogens is 1. The molecule has 0 aliphatic carbocycles. The lowest BCUT2D eigenvalue weighted by Crippen LogP contribution is -1.96. The van der Waals surface area contributed by atoms with Crippen molar-refractivity contribution in [1.29, 1.82) is 0 Å². The second kappa shape index (κ2) is 2.90. The lowest BCUT2D eigenvalue weighted by Gasteiger charge is -2.11. The average Bonchev–Trinajstić information content (AvgIpc) is 2.05. The monoisotopic (exact) mass is 181 g/mol. The number of nitrogens with zero attached hydrogens (tertiary/aromatic N) is 1. The van der Waals surface area contributed by atoms with Crippen molar-refractivity contribution in [1.82, 2.24) is 4.98 Å². The topological polar surface area (TPSA) is 12.9 Å². The molecule has 1 aromatic heterocycles. The van der Waals surface area contributed by atoms with Crippen LogP contribution in [0.4, 0.5) is 4.39 Å². The van der Waals surface area contributed by atoms with Gasteiger partial charge in [-0.05, 0) is 19.1 Å². The van der Waals surface area contributed by atoms with Gasteiger partial charge in [0.2, 0.25) is 5.95 Å². The minimum absolute atomic E-state index is 0.394. The van der Waals surface area contributed by atoms with Gasteiger partial charge in [-0.1, -0.05) is 11.6 Å². The highest BCUT2D eigenvalue weighted by Gasteiger charge is 2.09. The lowest BCUT2D eigenvalue weighted by atomic mass is 10.2. The Morgan fingerprint density at radius 2 is 2.33 bits per heavy atom. The Balaban J connectivity index is 2.51. The molecule has 12 heavy (non-hydrogen) atoms. The van der Waals surface area contributed by atoms with Gasteiger partial charge in [-0.25, -0.2) is 4.98 Å². The van der Waals surface area contributed by atoms with Crippen LogP contribution in [0.5, 0.6) is 0 Å². The third kappa shape index (κ3) is 1.37. The first-order chi connectivity index (χ1) is 5.75. The van der Waals surface area contributed by atoms with E-state index in [1.54, 1.807) is 17.8 Å². The number of thioether (sulfide) groups is 1. The highest BCUT2D eigenvalue weighted by atomic mass is 32.2. The molecule has 0 N–H and O–H groups in total. The summed E-state index contributed by atoms with van der Waals surface area (Å²) in [5.74, 6) is 0.526. The first-order valence-electron chi connectivity index (χ1n) is 3.72. The fraction of sp³-hybridized carbons (Fsp3) is 0.222. The Bertz CT molecular complexity index is 346. The summed E-state index contributed by atoms with van der Waals surface area (Å²) in [6, 6.07) is 3.17. The van der Waals surface area contributed by atoms with E-state index in [1.165, 1.54) is 11.6 Å². The summed E-state index contributed by atoms with van der Waals surface area (Å²) in [5, 5.41) is 0.806. The highest BCUT2D eigenvalue weighted by molar-refractivity contribution is 7.99. The molecule has 0 aromatic carbocycles. The standard InChI is InChI=1S/C9H8FNS/c1-6-4-7-2-3-8(10)11-9(7)12-5-6/h2-4H,5H2,1H3. The smallest absolute Gasteiger partial charge is 0.213 e. The summed E-state index contributed by atoms with van der Waals surface area (Å²) in [7, 11) is 0. The Hall–Kier alpha value is -0.830. The number of pyridine rings is 1. The first-order valence-corrected chi connectivity index (χ1v) is 4.71. The molecule has 0 radical (unpaired) electrons. The molecule has 0 unspecified atom stereocenters. The minimum Gasteiger partial charge on any atom is -0.213 e. The van der Waals surface area contributed by atoms with Crippen molar-refractivity contribution in [2.24, 2.45) is 0 Å². The molecule has 1 aliphatic heterocycles. The largest absolute Gasteiger partial charge is 0.213 e. The molecule has 1 nitrogen and oxygen atoms in total. The maximum absolute atomic E-state index is 12.6. The Kier molecular flexibility index (Phi) is 1.89. The average molecular weight is 181 g/mol. The number of halogens is 1. The summed E-state index contributed by atoms with van der Waals surface area (Å²) in [6.45, 7) is 2.07. The summed E-state index contributed by atoms with van der Waals surface area (Å²) in [6.07, 6.45) is 2.05. The number of hydrogen-bond donors (Lipinski definition) is 0. The van der Waals surface area contributed by atoms with E-state index in [0.29, 0.717) is 0 Å². The molecule has 3 heteroatoms. The molecule has 0 atom stereocenters. The summed E-state index contributed by atoms with van der Waals surface area (Å²) in [5.41, 5.74) is 2.34. The second-order valence-electron chi connectivity index (χ2n) is 2.81. The molecule has 0 spiro atoms. The molecular formula is C9H8FNS. The molecule has 0 bridgehead atoms. The van der Waals surface area contributed by atoms with Crippen LogP contribution in [0.2, 0.25) is 0 Å². The van der Waals surface area contributed by atoms with Gasteiger partial charge in [-0.3, -0.25) is 0 Å². The van der Waals surface area contributed by atoms with Crippen molar-refractivity contribution in [3.8, 4) is 0 Å². The third-order valence-electron chi connectivity index (χ3n) is 1.69. The second-order valence-corrected chi connectivity index (χ2v) is 3.77. The van der Waals surface area contributed by atoms with Crippen LogP contribution >= 0.6 is 11.8 Å². The van der Waals surface area contributed by atoms with Crippen molar-refractivity contribution in [3.05, 3.63) is 29.2 Å². The predicted octanol–water partition coefficient (Wildman–Crippen LogP) is 2.73. The van der Waals surface area contributed by atoms with E-state index in [1.807, 2.05) is 0 Å². The van der Waals surface area contributed by atoms with E-state index in [4.69, 9.17) is 0 Å². The van der Waals surface area contributed by atoms with Crippen molar-refractivity contribution >= 4 is 17.8 Å². The third-order valence-corrected chi connectivity index (χ3v) is 2.89. The first kappa shape index (κ1) is 7.80. The van der Waals surface area contributed by atoms with E-state index in [0.717, 1.165) is 16.3 Å². The van der Waals surface area contributed by atoms with Crippen molar-refractivity contribution in [2.75, 3.05) is 5.75 Å². The molecule has 2 heterocycles. The summed E-state index contributed by atoms with van der Waals surface area (Å²) < 4.78 is 12.6. The van der Waals surface area contributed by atoms with Crippen LogP contribution in [0.3, 0.4) is 0 Å². The van der Waals surface area contributed by atoms with Crippen molar-refractivity contribution in [2.45, 2.75) is 11.9 Å². The van der Waals surface area contributed by atoms with Gasteiger partial charge in [0.15, 0.2) is 0 Å². The molecule has 1 aliphatic rings. The van der Waals surface area contributed by atoms with Crippen molar-refractivity contribution < 1.29 is 4.39 Å². The van der Waals surface area contributed by atoms with Gasteiger partial charge in [0.05, 0.1) is 0 Å². The lowest BCUT2D eigenvalue weighted by molar-refractivity contribution is 0.571. The Morgan fingerprint density at radius 1 is 1.50 bits per heavy atom. The molecule has 62 valence electrons. The van der Waals surface area contributed by atoms with Crippen LogP contribution in [0, 0.1) is 5.95 Å². The number of rotatable bonds is 0. The molecular weight excluding hydrogens is 173 g/mol. The molecule has 0 saturated heterocycles. The summed E-state index contributed by atoms with van der Waals surface area (Å²) >= 11 is 1.59. The quantitative estimate of drug-likeness (QED) is 0.571. The van der Waals surface area contributed by atoms with Gasteiger partial charge in [-0.15, -0.1) is 11.8 Å². The molecule has 2 rings (SSSR count). The number of hydrogen-bond acceptors (Lipinski definition) is 2. The highest BCUT2D eigenvalue weighted by Crippen LogP contribution is 2.29. The maximum Gasteiger partial charge on any atom is 0.213 e. The Morgan fingerprint density at radius 3 is 3.17 bits per heavy atom. The van der Waals surface area contributed by atoms with Crippen LogP contribution in [-0.4, -0.2) is 10.7 Å². The van der Waals surface area contributed by atoms with E-state index < -0.39 is 5.95 Å². The van der Waals surface area contributed by atoms with Gasteiger partial charge in [0, 0.05) is 11.3 Å². The normalized spacial score (nSPS) is 15.3. The zero-order valence-electron chi connectivity index (χ0n) is 6.67. The van der Waals surface area contributed by atoms with Gasteiger partial charge in [0.1, 0.15) is 5.03 Å². The van der Waals surface area contributed by atoms with Crippen LogP contribution in [0.1, 0.15) is 12.5 Å². The van der Waals surface area contributed by atoms with Crippen LogP contribution in [0.25, 0.3) is 6.08 Å². The SMILES string of the molecule is CC1=Cc2ccc(F)nc2SC1. The van der Waals surface area contributed by atoms with Gasteiger partial charge in [0.25, 0.3) is 0 Å². The Labute approximate surface area is 74.7 Å². The molecule has 1 aromatic rings. The maximum atomic E-state index is 12.6. The van der Waals surface area contributed by atoms with Crippen LogP contribution in [-0.2, 0) is 0 Å². The molecule has 0 amide bonds. The van der Waals surface area contributed by atoms with E-state index in [-0.39, 0.29) is 0 Å². The summed E-state index contributed by atoms with van der Waals surface area (Å²) in [4.78, 5) is 3.80. The predicted molar refractivity (Wildman–Crippen MR) is 48.6 cm³/mol. The van der Waals surface area contributed by atoms with E-state index in [2.05, 4.69) is 18.0 Å². The van der Waals surface area contributed by atoms with Gasteiger partial charge < -0.3 is 0 Å². The fourth-order valence-corrected chi connectivity index (χ4v) is 2.04. The van der Waals surface area contributed by atoms with Crippen molar-refractivity contribution in [3.63, 3.8) is 0 Å². The van der Waals surface area contributed by atoms with E-state index in [9.17, 15) is 4.39 Å². The number of fused-ring (bicyclic) bond motifs is 1. The minimum atomic E-state index is -0.394. The van der Waals surface area contributed by atoms with Gasteiger partial charge >= 0.3 is 0 Å². The van der Waals surface area contributed by atoms with Crippen LogP contribution < -0.4 is 0 Å². The van der Waals surface area contributed by atoms with Crippen LogP contribution in [0.15, 0.2) is 22.7 Å². The molecule has 0 saturated carbocycles. The zero-order chi connectivity index (χ0) is 8.55. The van der Waals surface area contributed by atoms with E-state index >= 15 is 0 Å². The zero-order valence-corrected chi connectivity index (χ0v) is 7.49. The van der Waals surface area contributed by atoms with Gasteiger partial charge in [-0.2, -0.15) is 4.39 Å². The fourth-order valence-electron chi connectivity index (χ4n) is 1.14. The molecule has 0 fully saturated rings.